The monoisotopic (exact) mass is 285 g/mol. The second kappa shape index (κ2) is 6.02. The van der Waals surface area contributed by atoms with Crippen LogP contribution in [0.4, 0.5) is 0 Å². The summed E-state index contributed by atoms with van der Waals surface area (Å²) < 4.78 is 1.91. The lowest BCUT2D eigenvalue weighted by molar-refractivity contribution is 0.554. The largest absolute Gasteiger partial charge is 0.310 e. The van der Waals surface area contributed by atoms with Crippen molar-refractivity contribution in [3.8, 4) is 11.1 Å². The third-order valence-corrected chi connectivity index (χ3v) is 3.52. The van der Waals surface area contributed by atoms with E-state index in [2.05, 4.69) is 75.5 Å². The van der Waals surface area contributed by atoms with Gasteiger partial charge in [0, 0.05) is 36.8 Å². The van der Waals surface area contributed by atoms with Gasteiger partial charge in [-0.05, 0) is 11.1 Å². The molecule has 114 valence electrons. The first kappa shape index (κ1) is 15.8. The van der Waals surface area contributed by atoms with Crippen molar-refractivity contribution in [1.29, 1.82) is 0 Å². The summed E-state index contributed by atoms with van der Waals surface area (Å²) in [5.74, 6) is 0. The minimum absolute atomic E-state index is 0.0501. The van der Waals surface area contributed by atoms with E-state index in [0.717, 1.165) is 12.2 Å². The molecule has 1 N–H and O–H groups in total. The first-order chi connectivity index (χ1) is 9.77. The molecule has 3 heteroatoms. The molecule has 3 nitrogen and oxygen atoms in total. The van der Waals surface area contributed by atoms with Gasteiger partial charge in [-0.3, -0.25) is 4.68 Å². The van der Waals surface area contributed by atoms with E-state index in [9.17, 15) is 0 Å². The normalized spacial score (nSPS) is 12.1. The molecule has 0 saturated carbocycles. The van der Waals surface area contributed by atoms with Crippen LogP contribution in [-0.4, -0.2) is 15.8 Å². The van der Waals surface area contributed by atoms with Crippen LogP contribution in [0.25, 0.3) is 11.1 Å². The second-order valence-electron chi connectivity index (χ2n) is 7.05. The SMILES string of the molecule is CC(C)NCc1ccc(-c2cn(C)nc2C(C)(C)C)cc1. The van der Waals surface area contributed by atoms with Crippen LogP contribution in [-0.2, 0) is 19.0 Å². The fourth-order valence-electron chi connectivity index (χ4n) is 2.38. The quantitative estimate of drug-likeness (QED) is 0.924. The van der Waals surface area contributed by atoms with Crippen molar-refractivity contribution in [2.75, 3.05) is 0 Å². The molecule has 0 unspecified atom stereocenters. The van der Waals surface area contributed by atoms with Gasteiger partial charge in [-0.15, -0.1) is 0 Å². The summed E-state index contributed by atoms with van der Waals surface area (Å²) in [5, 5.41) is 8.09. The van der Waals surface area contributed by atoms with Crippen LogP contribution in [0.3, 0.4) is 0 Å². The number of aryl methyl sites for hydroxylation is 1. The van der Waals surface area contributed by atoms with E-state index in [1.165, 1.54) is 16.7 Å². The lowest BCUT2D eigenvalue weighted by Gasteiger charge is -2.17. The summed E-state index contributed by atoms with van der Waals surface area (Å²) in [5.41, 5.74) is 4.98. The molecule has 0 aliphatic carbocycles. The number of benzene rings is 1. The van der Waals surface area contributed by atoms with Gasteiger partial charge in [0.1, 0.15) is 0 Å². The van der Waals surface area contributed by atoms with E-state index < -0.39 is 0 Å². The van der Waals surface area contributed by atoms with Crippen molar-refractivity contribution in [3.63, 3.8) is 0 Å². The Balaban J connectivity index is 2.27. The standard InChI is InChI=1S/C18H27N3/c1-13(2)19-11-14-7-9-15(10-8-14)16-12-21(6)20-17(16)18(3,4)5/h7-10,12-13,19H,11H2,1-6H3. The van der Waals surface area contributed by atoms with Gasteiger partial charge in [0.2, 0.25) is 0 Å². The zero-order valence-electron chi connectivity index (χ0n) is 14.1. The highest BCUT2D eigenvalue weighted by Gasteiger charge is 2.22. The Bertz CT molecular complexity index is 586. The maximum absolute atomic E-state index is 4.64. The van der Waals surface area contributed by atoms with Gasteiger partial charge in [0.05, 0.1) is 5.69 Å². The molecule has 0 amide bonds. The van der Waals surface area contributed by atoms with Crippen LogP contribution in [0.5, 0.6) is 0 Å². The average molecular weight is 285 g/mol. The molecule has 0 aliphatic rings. The molecule has 0 bridgehead atoms. The first-order valence-corrected chi connectivity index (χ1v) is 7.64. The maximum atomic E-state index is 4.64. The fourth-order valence-corrected chi connectivity index (χ4v) is 2.38. The number of rotatable bonds is 4. The smallest absolute Gasteiger partial charge is 0.0756 e. The number of hydrogen-bond donors (Lipinski definition) is 1. The number of nitrogens with zero attached hydrogens (tertiary/aromatic N) is 2. The topological polar surface area (TPSA) is 29.9 Å². The summed E-state index contributed by atoms with van der Waals surface area (Å²) in [6.45, 7) is 11.9. The highest BCUT2D eigenvalue weighted by Crippen LogP contribution is 2.31. The Hall–Kier alpha value is -1.61. The molecule has 2 rings (SSSR count). The van der Waals surface area contributed by atoms with Gasteiger partial charge >= 0.3 is 0 Å². The molecule has 0 spiro atoms. The molecule has 0 saturated heterocycles. The molecule has 1 heterocycles. The Morgan fingerprint density at radius 1 is 1.14 bits per heavy atom. The molecule has 1 aromatic heterocycles. The lowest BCUT2D eigenvalue weighted by atomic mass is 9.87. The summed E-state index contributed by atoms with van der Waals surface area (Å²) in [6, 6.07) is 9.30. The molecule has 21 heavy (non-hydrogen) atoms. The summed E-state index contributed by atoms with van der Waals surface area (Å²) in [6.07, 6.45) is 2.11. The zero-order valence-corrected chi connectivity index (χ0v) is 14.1. The first-order valence-electron chi connectivity index (χ1n) is 7.64. The van der Waals surface area contributed by atoms with Crippen molar-refractivity contribution < 1.29 is 0 Å². The highest BCUT2D eigenvalue weighted by atomic mass is 15.3. The summed E-state index contributed by atoms with van der Waals surface area (Å²) in [7, 11) is 1.99. The molecular weight excluding hydrogens is 258 g/mol. The van der Waals surface area contributed by atoms with Crippen LogP contribution in [0.1, 0.15) is 45.9 Å². The van der Waals surface area contributed by atoms with Crippen molar-refractivity contribution in [2.24, 2.45) is 7.05 Å². The van der Waals surface area contributed by atoms with Crippen LogP contribution >= 0.6 is 0 Å². The van der Waals surface area contributed by atoms with Crippen LogP contribution in [0.2, 0.25) is 0 Å². The van der Waals surface area contributed by atoms with E-state index in [1.807, 2.05) is 11.7 Å². The van der Waals surface area contributed by atoms with E-state index in [4.69, 9.17) is 0 Å². The maximum Gasteiger partial charge on any atom is 0.0756 e. The van der Waals surface area contributed by atoms with Gasteiger partial charge in [0.25, 0.3) is 0 Å². The Morgan fingerprint density at radius 3 is 2.29 bits per heavy atom. The number of hydrogen-bond acceptors (Lipinski definition) is 2. The molecule has 2 aromatic rings. The van der Waals surface area contributed by atoms with E-state index in [1.54, 1.807) is 0 Å². The number of nitrogens with one attached hydrogen (secondary N) is 1. The minimum atomic E-state index is 0.0501. The second-order valence-corrected chi connectivity index (χ2v) is 7.05. The molecule has 0 aliphatic heterocycles. The minimum Gasteiger partial charge on any atom is -0.310 e. The van der Waals surface area contributed by atoms with Gasteiger partial charge in [0.15, 0.2) is 0 Å². The Labute approximate surface area is 128 Å². The molecule has 1 aromatic carbocycles. The van der Waals surface area contributed by atoms with Crippen LogP contribution in [0.15, 0.2) is 30.5 Å². The molecule has 0 atom stereocenters. The van der Waals surface area contributed by atoms with Crippen molar-refractivity contribution in [1.82, 2.24) is 15.1 Å². The average Bonchev–Trinajstić information content (AvgIpc) is 2.79. The highest BCUT2D eigenvalue weighted by molar-refractivity contribution is 5.66. The Morgan fingerprint density at radius 2 is 1.76 bits per heavy atom. The van der Waals surface area contributed by atoms with Crippen molar-refractivity contribution >= 4 is 0 Å². The van der Waals surface area contributed by atoms with Crippen LogP contribution in [0, 0.1) is 0 Å². The van der Waals surface area contributed by atoms with E-state index in [-0.39, 0.29) is 5.41 Å². The Kier molecular flexibility index (Phi) is 4.52. The van der Waals surface area contributed by atoms with Gasteiger partial charge in [-0.2, -0.15) is 5.10 Å². The number of aromatic nitrogens is 2. The van der Waals surface area contributed by atoms with Gasteiger partial charge in [-0.25, -0.2) is 0 Å². The zero-order chi connectivity index (χ0) is 15.6. The third kappa shape index (κ3) is 3.94. The molecule has 0 fully saturated rings. The van der Waals surface area contributed by atoms with E-state index in [0.29, 0.717) is 6.04 Å². The van der Waals surface area contributed by atoms with Crippen LogP contribution < -0.4 is 5.32 Å². The fraction of sp³-hybridized carbons (Fsp3) is 0.500. The van der Waals surface area contributed by atoms with E-state index >= 15 is 0 Å². The van der Waals surface area contributed by atoms with Crippen molar-refractivity contribution in [2.45, 2.75) is 52.6 Å². The summed E-state index contributed by atoms with van der Waals surface area (Å²) in [4.78, 5) is 0. The molecule has 0 radical (unpaired) electrons. The van der Waals surface area contributed by atoms with Gasteiger partial charge in [-0.1, -0.05) is 58.9 Å². The summed E-state index contributed by atoms with van der Waals surface area (Å²) >= 11 is 0. The lowest BCUT2D eigenvalue weighted by Crippen LogP contribution is -2.21. The third-order valence-electron chi connectivity index (χ3n) is 3.52. The predicted octanol–water partition coefficient (Wildman–Crippen LogP) is 3.88. The molecular formula is C18H27N3. The predicted molar refractivity (Wildman–Crippen MR) is 89.3 cm³/mol. The van der Waals surface area contributed by atoms with Gasteiger partial charge < -0.3 is 5.32 Å². The van der Waals surface area contributed by atoms with Crippen molar-refractivity contribution in [3.05, 3.63) is 41.7 Å².